The minimum absolute atomic E-state index is 0.187. The van der Waals surface area contributed by atoms with E-state index in [9.17, 15) is 4.39 Å². The Morgan fingerprint density at radius 2 is 2.00 bits per heavy atom. The van der Waals surface area contributed by atoms with Crippen LogP contribution in [0.3, 0.4) is 0 Å². The van der Waals surface area contributed by atoms with Gasteiger partial charge in [0.05, 0.1) is 0 Å². The molecule has 0 fully saturated rings. The van der Waals surface area contributed by atoms with E-state index in [0.29, 0.717) is 6.54 Å². The van der Waals surface area contributed by atoms with Crippen LogP contribution in [0.25, 0.3) is 0 Å². The molecule has 2 aromatic carbocycles. The molecule has 1 atom stereocenters. The lowest BCUT2D eigenvalue weighted by Gasteiger charge is -2.17. The molecule has 3 heteroatoms. The Morgan fingerprint density at radius 1 is 1.21 bits per heavy atom. The third-order valence-corrected chi connectivity index (χ3v) is 3.87. The Kier molecular flexibility index (Phi) is 4.72. The maximum Gasteiger partial charge on any atom is 0.123 e. The van der Waals surface area contributed by atoms with E-state index in [1.54, 1.807) is 6.07 Å². The summed E-state index contributed by atoms with van der Waals surface area (Å²) in [6.45, 7) is 2.51. The number of aryl methyl sites for hydroxylation is 1. The third-order valence-electron chi connectivity index (χ3n) is 3.38. The normalized spacial score (nSPS) is 12.4. The predicted octanol–water partition coefficient (Wildman–Crippen LogP) is 4.18. The van der Waals surface area contributed by atoms with Crippen molar-refractivity contribution in [2.75, 3.05) is 6.54 Å². The molecule has 0 aliphatic carbocycles. The minimum Gasteiger partial charge on any atom is -0.330 e. The summed E-state index contributed by atoms with van der Waals surface area (Å²) in [6.07, 6.45) is 0.832. The van der Waals surface area contributed by atoms with Crippen molar-refractivity contribution in [2.24, 2.45) is 5.73 Å². The van der Waals surface area contributed by atoms with Gasteiger partial charge in [0, 0.05) is 10.4 Å². The molecule has 0 amide bonds. The number of rotatable bonds is 4. The van der Waals surface area contributed by atoms with Crippen molar-refractivity contribution >= 4 is 15.9 Å². The first-order chi connectivity index (χ1) is 9.10. The minimum atomic E-state index is -0.187. The summed E-state index contributed by atoms with van der Waals surface area (Å²) in [6, 6.07) is 13.1. The molecule has 100 valence electrons. The van der Waals surface area contributed by atoms with Crippen LogP contribution in [0.4, 0.5) is 4.39 Å². The Bertz CT molecular complexity index is 568. The van der Waals surface area contributed by atoms with E-state index in [0.717, 1.165) is 22.0 Å². The van der Waals surface area contributed by atoms with Crippen molar-refractivity contribution in [1.29, 1.82) is 0 Å². The molecule has 2 aromatic rings. The molecule has 0 heterocycles. The number of hydrogen-bond acceptors (Lipinski definition) is 1. The van der Waals surface area contributed by atoms with Crippen molar-refractivity contribution in [2.45, 2.75) is 19.3 Å². The second kappa shape index (κ2) is 6.31. The summed E-state index contributed by atoms with van der Waals surface area (Å²) in [5, 5.41) is 0. The average Bonchev–Trinajstić information content (AvgIpc) is 2.38. The zero-order chi connectivity index (χ0) is 13.8. The first-order valence-electron chi connectivity index (χ1n) is 6.30. The number of nitrogens with two attached hydrogens (primary N) is 1. The first kappa shape index (κ1) is 14.2. The van der Waals surface area contributed by atoms with Crippen molar-refractivity contribution in [3.05, 3.63) is 69.4 Å². The zero-order valence-electron chi connectivity index (χ0n) is 10.9. The third kappa shape index (κ3) is 3.64. The van der Waals surface area contributed by atoms with Gasteiger partial charge < -0.3 is 5.73 Å². The van der Waals surface area contributed by atoms with Crippen LogP contribution < -0.4 is 5.73 Å². The van der Waals surface area contributed by atoms with Gasteiger partial charge in [0.2, 0.25) is 0 Å². The lowest BCUT2D eigenvalue weighted by atomic mass is 9.90. The number of halogens is 2. The van der Waals surface area contributed by atoms with Crippen molar-refractivity contribution < 1.29 is 4.39 Å². The lowest BCUT2D eigenvalue weighted by molar-refractivity contribution is 0.623. The van der Waals surface area contributed by atoms with Crippen LogP contribution in [0.1, 0.15) is 22.6 Å². The van der Waals surface area contributed by atoms with E-state index < -0.39 is 0 Å². The second-order valence-electron chi connectivity index (χ2n) is 4.76. The molecule has 0 bridgehead atoms. The maximum atomic E-state index is 13.1. The van der Waals surface area contributed by atoms with Crippen molar-refractivity contribution in [3.8, 4) is 0 Å². The molecule has 19 heavy (non-hydrogen) atoms. The van der Waals surface area contributed by atoms with Crippen LogP contribution >= 0.6 is 15.9 Å². The highest BCUT2D eigenvalue weighted by Gasteiger charge is 2.12. The highest BCUT2D eigenvalue weighted by Crippen LogP contribution is 2.24. The summed E-state index contributed by atoms with van der Waals surface area (Å²) in [5.41, 5.74) is 9.23. The molecule has 0 aliphatic heterocycles. The fourth-order valence-electron chi connectivity index (χ4n) is 2.25. The second-order valence-corrected chi connectivity index (χ2v) is 5.68. The monoisotopic (exact) mass is 321 g/mol. The van der Waals surface area contributed by atoms with Gasteiger partial charge in [-0.2, -0.15) is 0 Å². The molecular weight excluding hydrogens is 305 g/mol. The predicted molar refractivity (Wildman–Crippen MR) is 80.8 cm³/mol. The highest BCUT2D eigenvalue weighted by molar-refractivity contribution is 9.10. The average molecular weight is 322 g/mol. The van der Waals surface area contributed by atoms with Gasteiger partial charge in [-0.1, -0.05) is 34.1 Å². The number of hydrogen-bond donors (Lipinski definition) is 1. The van der Waals surface area contributed by atoms with Gasteiger partial charge in [-0.05, 0) is 60.8 Å². The fourth-order valence-corrected chi connectivity index (χ4v) is 2.67. The smallest absolute Gasteiger partial charge is 0.123 e. The van der Waals surface area contributed by atoms with Crippen LogP contribution in [0.2, 0.25) is 0 Å². The largest absolute Gasteiger partial charge is 0.330 e. The highest BCUT2D eigenvalue weighted by atomic mass is 79.9. The lowest BCUT2D eigenvalue weighted by Crippen LogP contribution is -2.15. The molecule has 1 unspecified atom stereocenters. The molecule has 0 aliphatic rings. The van der Waals surface area contributed by atoms with E-state index in [1.165, 1.54) is 11.6 Å². The molecular formula is C16H17BrFN. The fraction of sp³-hybridized carbons (Fsp3) is 0.250. The molecule has 1 nitrogen and oxygen atoms in total. The Morgan fingerprint density at radius 3 is 2.63 bits per heavy atom. The summed E-state index contributed by atoms with van der Waals surface area (Å²) in [5.74, 6) is 0.0645. The van der Waals surface area contributed by atoms with Gasteiger partial charge in [-0.25, -0.2) is 4.39 Å². The summed E-state index contributed by atoms with van der Waals surface area (Å²) < 4.78 is 14.2. The van der Waals surface area contributed by atoms with Crippen molar-refractivity contribution in [3.63, 3.8) is 0 Å². The molecule has 0 saturated carbocycles. The van der Waals surface area contributed by atoms with Crippen LogP contribution in [0.5, 0.6) is 0 Å². The standard InChI is InChI=1S/C16H17BrFN/c1-11-7-16(18)6-5-12(11)8-14(10-19)13-3-2-4-15(17)9-13/h2-7,9,14H,8,10,19H2,1H3. The molecule has 2 N–H and O–H groups in total. The van der Waals surface area contributed by atoms with E-state index in [-0.39, 0.29) is 11.7 Å². The van der Waals surface area contributed by atoms with Gasteiger partial charge in [-0.15, -0.1) is 0 Å². The van der Waals surface area contributed by atoms with Crippen LogP contribution in [-0.2, 0) is 6.42 Å². The number of benzene rings is 2. The van der Waals surface area contributed by atoms with E-state index >= 15 is 0 Å². The zero-order valence-corrected chi connectivity index (χ0v) is 12.5. The summed E-state index contributed by atoms with van der Waals surface area (Å²) >= 11 is 3.48. The first-order valence-corrected chi connectivity index (χ1v) is 7.10. The van der Waals surface area contributed by atoms with Crippen LogP contribution in [0.15, 0.2) is 46.9 Å². The summed E-state index contributed by atoms with van der Waals surface area (Å²) in [4.78, 5) is 0. The Labute approximate surface area is 121 Å². The molecule has 0 radical (unpaired) electrons. The van der Waals surface area contributed by atoms with Crippen molar-refractivity contribution in [1.82, 2.24) is 0 Å². The molecule has 0 aromatic heterocycles. The van der Waals surface area contributed by atoms with E-state index in [4.69, 9.17) is 5.73 Å². The molecule has 2 rings (SSSR count). The van der Waals surface area contributed by atoms with Crippen LogP contribution in [0, 0.1) is 12.7 Å². The van der Waals surface area contributed by atoms with Gasteiger partial charge in [0.15, 0.2) is 0 Å². The maximum absolute atomic E-state index is 13.1. The van der Waals surface area contributed by atoms with E-state index in [2.05, 4.69) is 28.1 Å². The van der Waals surface area contributed by atoms with Gasteiger partial charge in [0.1, 0.15) is 5.82 Å². The summed E-state index contributed by atoms with van der Waals surface area (Å²) in [7, 11) is 0. The van der Waals surface area contributed by atoms with E-state index in [1.807, 2.05) is 25.1 Å². The SMILES string of the molecule is Cc1cc(F)ccc1CC(CN)c1cccc(Br)c1. The Hall–Kier alpha value is -1.19. The molecule has 0 saturated heterocycles. The van der Waals surface area contributed by atoms with Crippen LogP contribution in [-0.4, -0.2) is 6.54 Å². The Balaban J connectivity index is 2.24. The van der Waals surface area contributed by atoms with Gasteiger partial charge >= 0.3 is 0 Å². The topological polar surface area (TPSA) is 26.0 Å². The van der Waals surface area contributed by atoms with Gasteiger partial charge in [-0.3, -0.25) is 0 Å². The molecule has 0 spiro atoms. The quantitative estimate of drug-likeness (QED) is 0.898. The van der Waals surface area contributed by atoms with Gasteiger partial charge in [0.25, 0.3) is 0 Å².